The minimum Gasteiger partial charge on any atom is -0.397 e. The predicted octanol–water partition coefficient (Wildman–Crippen LogP) is 7.00. The number of nitrogens with two attached hydrogens (primary N) is 2. The van der Waals surface area contributed by atoms with E-state index >= 15 is 13.3 Å². The van der Waals surface area contributed by atoms with E-state index in [2.05, 4.69) is 45.9 Å². The molecule has 86 heavy (non-hydrogen) atoms. The number of nitrogens with zero attached hydrogens (tertiary/aromatic N) is 11. The number of hydrogen-bond acceptors (Lipinski definition) is 21. The van der Waals surface area contributed by atoms with Gasteiger partial charge in [0.25, 0.3) is 15.0 Å². The summed E-state index contributed by atoms with van der Waals surface area (Å²) in [6.45, 7) is -3.35. The Morgan fingerprint density at radius 3 is 2.22 bits per heavy atom. The van der Waals surface area contributed by atoms with Crippen LogP contribution in [0.1, 0.15) is 62.6 Å². The van der Waals surface area contributed by atoms with Crippen LogP contribution >= 0.6 is 25.7 Å². The third-order valence-corrected chi connectivity index (χ3v) is 20.0. The molecule has 9 heterocycles. The quantitative estimate of drug-likeness (QED) is 0.0456. The first-order valence-corrected chi connectivity index (χ1v) is 32.8. The fourth-order valence-electron chi connectivity index (χ4n) is 10.8. The van der Waals surface area contributed by atoms with Gasteiger partial charge < -0.3 is 45.5 Å². The highest BCUT2D eigenvalue weighted by atomic mass is 32.7. The van der Waals surface area contributed by atoms with E-state index < -0.39 is 82.6 Å². The Hall–Kier alpha value is -7.53. The van der Waals surface area contributed by atoms with Crippen molar-refractivity contribution in [3.05, 3.63) is 115 Å². The highest BCUT2D eigenvalue weighted by Gasteiger charge is 2.55. The molecule has 8 aromatic rings. The van der Waals surface area contributed by atoms with Crippen molar-refractivity contribution in [1.29, 1.82) is 0 Å². The molecule has 0 unspecified atom stereocenters. The number of ether oxygens (including phenoxy) is 2. The number of nitrogens with one attached hydrogen (secondary N) is 2. The van der Waals surface area contributed by atoms with E-state index in [1.54, 1.807) is 29.2 Å². The van der Waals surface area contributed by atoms with Crippen LogP contribution < -0.4 is 27.0 Å². The largest absolute Gasteiger partial charge is 0.397 e. The van der Waals surface area contributed by atoms with E-state index in [9.17, 15) is 18.9 Å². The van der Waals surface area contributed by atoms with Gasteiger partial charge in [-0.15, -0.1) is 5.10 Å². The molecule has 12 rings (SSSR count). The number of rotatable bonds is 15. The van der Waals surface area contributed by atoms with Gasteiger partial charge in [-0.2, -0.15) is 0 Å². The molecular weight excluding hydrogens is 1180 g/mol. The molecule has 3 aromatic carbocycles. The van der Waals surface area contributed by atoms with Gasteiger partial charge in [-0.1, -0.05) is 73.2 Å². The van der Waals surface area contributed by atoms with Crippen molar-refractivity contribution < 1.29 is 59.9 Å². The highest BCUT2D eigenvalue weighted by molar-refractivity contribution is 8.54. The van der Waals surface area contributed by atoms with Crippen molar-refractivity contribution in [2.45, 2.75) is 107 Å². The third kappa shape index (κ3) is 12.0. The van der Waals surface area contributed by atoms with Crippen molar-refractivity contribution in [2.24, 2.45) is 0 Å². The number of nitrogen functional groups attached to an aromatic ring is 2. The maximum atomic E-state index is 17.0. The topological polar surface area (TPSA) is 325 Å². The molecule has 6 N–H and O–H groups in total. The van der Waals surface area contributed by atoms with Crippen LogP contribution in [0.2, 0.25) is 0 Å². The standard InChI is InChI=1S/C54H58BF2N15O11P2S/c1-2-41(75)69-23-31-10-5-6-11-33(31)47-44(34-12-7-8-13-36(34)69)67-68-72(47)21-9-3-4-14-39(73)61-22-40(74)66-32-17-15-30(16-18-32)26-86-85(77)79-25-38-48(42(56)53(81-38)71-29-65-46-50(59)62-27-63-52(46)71)82-84(55,76)78-24-37-49(83-85)43(57)54(80-37)70-28-64-45-35(58)19-20-60-51(45)70/h5-8,10-13,15-20,27-29,37-38,42-43,48-49,53-54H,2-4,9,14,21-26,55H2,1H3,(H2,58,60)(H,61,73)(H,66,74)(H2,59,62,63)/t37-,38-,42-,43-,48-,49-,53-,54-,84+,85-/m1/s1. The summed E-state index contributed by atoms with van der Waals surface area (Å²) in [5.41, 5.74) is 19.2. The second-order valence-electron chi connectivity index (χ2n) is 20.9. The Kier molecular flexibility index (Phi) is 16.9. The van der Waals surface area contributed by atoms with Crippen LogP contribution in [0.25, 0.3) is 44.8 Å². The van der Waals surface area contributed by atoms with Gasteiger partial charge in [0, 0.05) is 48.2 Å². The number of aryl methyl sites for hydroxylation is 1. The number of para-hydroxylation sites is 1. The Morgan fingerprint density at radius 2 is 1.47 bits per heavy atom. The van der Waals surface area contributed by atoms with Crippen molar-refractivity contribution >= 4 is 96.1 Å². The molecule has 0 aliphatic carbocycles. The van der Waals surface area contributed by atoms with Crippen LogP contribution in [0.5, 0.6) is 0 Å². The van der Waals surface area contributed by atoms with Crippen molar-refractivity contribution in [3.8, 4) is 22.5 Å². The first-order valence-electron chi connectivity index (χ1n) is 27.7. The number of carbonyl (C=O) groups excluding carboxylic acids is 3. The number of pyridine rings is 1. The van der Waals surface area contributed by atoms with Gasteiger partial charge in [0.2, 0.25) is 17.7 Å². The average Bonchev–Trinajstić information content (AvgIpc) is 2.46. The summed E-state index contributed by atoms with van der Waals surface area (Å²) in [5, 5.41) is 14.6. The van der Waals surface area contributed by atoms with Crippen LogP contribution in [0.3, 0.4) is 0 Å². The lowest BCUT2D eigenvalue weighted by molar-refractivity contribution is -0.124. The van der Waals surface area contributed by atoms with Crippen LogP contribution in [0, 0.1) is 0 Å². The molecule has 0 bridgehead atoms. The Morgan fingerprint density at radius 1 is 0.779 bits per heavy atom. The van der Waals surface area contributed by atoms with Crippen LogP contribution in [-0.4, -0.2) is 131 Å². The van der Waals surface area contributed by atoms with Crippen LogP contribution in [-0.2, 0) is 69.9 Å². The molecule has 3 saturated heterocycles. The number of aromatic nitrogens is 10. The molecule has 448 valence electrons. The Balaban J connectivity index is 0.673. The number of halogens is 2. The Labute approximate surface area is 494 Å². The fraction of sp³-hybridized carbons (Fsp3) is 0.370. The van der Waals surface area contributed by atoms with Gasteiger partial charge in [0.1, 0.15) is 47.5 Å². The number of imidazole rings is 2. The maximum Gasteiger partial charge on any atom is 0.389 e. The minimum absolute atomic E-state index is 0.00886. The first kappa shape index (κ1) is 58.8. The van der Waals surface area contributed by atoms with Gasteiger partial charge in [-0.25, -0.2) is 42.9 Å². The molecule has 0 radical (unpaired) electrons. The minimum atomic E-state index is -4.56. The maximum absolute atomic E-state index is 17.0. The lowest BCUT2D eigenvalue weighted by atomic mass is 9.95. The van der Waals surface area contributed by atoms with Gasteiger partial charge in [-0.3, -0.25) is 37.1 Å². The predicted molar refractivity (Wildman–Crippen MR) is 315 cm³/mol. The molecule has 5 aromatic heterocycles. The van der Waals surface area contributed by atoms with Crippen molar-refractivity contribution in [2.75, 3.05) is 41.4 Å². The van der Waals surface area contributed by atoms with Gasteiger partial charge in [-0.05, 0) is 59.6 Å². The van der Waals surface area contributed by atoms with Crippen molar-refractivity contribution in [1.82, 2.24) is 54.4 Å². The van der Waals surface area contributed by atoms with Gasteiger partial charge in [0.15, 0.2) is 41.9 Å². The van der Waals surface area contributed by atoms with Crippen LogP contribution in [0.15, 0.2) is 104 Å². The van der Waals surface area contributed by atoms with E-state index in [1.165, 1.54) is 40.4 Å². The number of unbranched alkanes of at least 4 members (excludes halogenated alkanes) is 2. The molecule has 3 fully saturated rings. The number of anilines is 4. The second-order valence-corrected chi connectivity index (χ2v) is 26.9. The lowest BCUT2D eigenvalue weighted by Crippen LogP contribution is -2.37. The fourth-order valence-corrected chi connectivity index (χ4v) is 15.4. The number of carbonyl (C=O) groups is 3. The average molecular weight is 1240 g/mol. The van der Waals surface area contributed by atoms with E-state index in [0.29, 0.717) is 67.1 Å². The molecule has 26 nitrogen and oxygen atoms in total. The second kappa shape index (κ2) is 24.7. The summed E-state index contributed by atoms with van der Waals surface area (Å²) in [6.07, 6.45) is -5.60. The number of hydrogen-bond donors (Lipinski definition) is 4. The first-order chi connectivity index (χ1) is 41.5. The Bertz CT molecular complexity index is 3960. The number of benzene rings is 3. The van der Waals surface area contributed by atoms with E-state index in [1.807, 2.05) is 60.1 Å². The van der Waals surface area contributed by atoms with E-state index in [0.717, 1.165) is 35.6 Å². The molecule has 32 heteroatoms. The third-order valence-electron chi connectivity index (χ3n) is 15.1. The van der Waals surface area contributed by atoms with Crippen molar-refractivity contribution in [3.63, 3.8) is 0 Å². The molecule has 4 aliphatic rings. The van der Waals surface area contributed by atoms with Gasteiger partial charge in [0.05, 0.1) is 56.0 Å². The summed E-state index contributed by atoms with van der Waals surface area (Å²) in [4.78, 5) is 61.9. The summed E-state index contributed by atoms with van der Waals surface area (Å²) in [5.74, 6) is -0.777. The molecule has 4 aliphatic heterocycles. The highest BCUT2D eigenvalue weighted by Crippen LogP contribution is 2.65. The monoisotopic (exact) mass is 1240 g/mol. The normalized spacial score (nSPS) is 25.6. The SMILES string of the molecule is B[P@]1(=O)OC[C@H]2O[C@@H](n3cnc4c(N)ccnc43)[C@H](F)[C@@H]2O[P@](=O)(SCc2ccc(NC(=O)CNC(=O)CCCCCn3nnc4c3-c3ccccc3CN(C(=O)CC)c3ccccc3-4)cc2)OC[C@H]2O[C@@H](n3cnc4c(N)ncnc43)[C@H](F)[C@@H]2O1. The van der Waals surface area contributed by atoms with E-state index in [-0.39, 0.29) is 64.4 Å². The zero-order valence-electron chi connectivity index (χ0n) is 46.3. The number of alkyl halides is 2. The molecule has 10 atom stereocenters. The summed E-state index contributed by atoms with van der Waals surface area (Å²) in [7, 11) is -3.11. The smallest absolute Gasteiger partial charge is 0.389 e. The van der Waals surface area contributed by atoms with E-state index in [4.69, 9.17) is 39.0 Å². The molecule has 3 amide bonds. The van der Waals surface area contributed by atoms with Gasteiger partial charge >= 0.3 is 6.80 Å². The lowest BCUT2D eigenvalue weighted by Gasteiger charge is -2.30. The molecular formula is C54H58BF2N15O11P2S. The summed E-state index contributed by atoms with van der Waals surface area (Å²) in [6, 6.07) is 23.7. The summed E-state index contributed by atoms with van der Waals surface area (Å²) >= 11 is 0.694. The summed E-state index contributed by atoms with van der Waals surface area (Å²) < 4.78 is 104. The number of fused-ring (bicyclic) bond motifs is 9. The number of amides is 3. The molecule has 0 spiro atoms. The zero-order valence-corrected chi connectivity index (χ0v) is 48.9. The zero-order chi connectivity index (χ0) is 59.9. The molecule has 0 saturated carbocycles. The van der Waals surface area contributed by atoms with Crippen LogP contribution in [0.4, 0.5) is 31.7 Å².